The summed E-state index contributed by atoms with van der Waals surface area (Å²) in [7, 11) is -3.85. The minimum absolute atomic E-state index is 0.0696. The SMILES string of the molecule is N#CCCOP(=O)(O)N(CCCl)CCCl.NC1CCCCC1. The normalized spacial score (nSPS) is 18.2. The van der Waals surface area contributed by atoms with E-state index in [0.29, 0.717) is 6.04 Å². The Morgan fingerprint density at radius 3 is 2.18 bits per heavy atom. The quantitative estimate of drug-likeness (QED) is 0.385. The first-order valence-corrected chi connectivity index (χ1v) is 10.0. The molecule has 1 rings (SSSR count). The van der Waals surface area contributed by atoms with E-state index in [9.17, 15) is 9.46 Å². The van der Waals surface area contributed by atoms with Gasteiger partial charge in [0.25, 0.3) is 0 Å². The number of nitrogens with zero attached hydrogens (tertiary/aromatic N) is 2. The van der Waals surface area contributed by atoms with E-state index in [0.717, 1.165) is 0 Å². The topological polar surface area (TPSA) is 99.6 Å². The van der Waals surface area contributed by atoms with Crippen LogP contribution in [0.3, 0.4) is 0 Å². The summed E-state index contributed by atoms with van der Waals surface area (Å²) in [6.45, 7) is 0.356. The Kier molecular flexibility index (Phi) is 13.7. The molecule has 1 aliphatic rings. The van der Waals surface area contributed by atoms with Crippen molar-refractivity contribution in [2.45, 2.75) is 44.6 Å². The van der Waals surface area contributed by atoms with Gasteiger partial charge in [-0.25, -0.2) is 9.24 Å². The van der Waals surface area contributed by atoms with Crippen LogP contribution < -0.4 is 5.73 Å². The Morgan fingerprint density at radius 1 is 1.27 bits per heavy atom. The minimum atomic E-state index is -3.85. The Morgan fingerprint density at radius 2 is 1.82 bits per heavy atom. The maximum atomic E-state index is 11.6. The average Bonchev–Trinajstić information content (AvgIpc) is 2.48. The van der Waals surface area contributed by atoms with Crippen molar-refractivity contribution < 1.29 is 14.0 Å². The molecule has 0 aromatic heterocycles. The summed E-state index contributed by atoms with van der Waals surface area (Å²) >= 11 is 10.9. The number of alkyl halides is 2. The predicted molar refractivity (Wildman–Crippen MR) is 90.1 cm³/mol. The molecule has 6 nitrogen and oxygen atoms in total. The Hall–Kier alpha value is 0.140. The van der Waals surface area contributed by atoms with E-state index in [1.54, 1.807) is 0 Å². The van der Waals surface area contributed by atoms with Crippen molar-refractivity contribution in [2.75, 3.05) is 31.5 Å². The van der Waals surface area contributed by atoms with Crippen molar-refractivity contribution in [3.8, 4) is 6.07 Å². The molecule has 0 spiro atoms. The minimum Gasteiger partial charge on any atom is -0.328 e. The Balaban J connectivity index is 0.000000518. The zero-order chi connectivity index (χ0) is 16.8. The zero-order valence-electron chi connectivity index (χ0n) is 12.8. The van der Waals surface area contributed by atoms with Gasteiger partial charge in [0.2, 0.25) is 0 Å². The summed E-state index contributed by atoms with van der Waals surface area (Å²) in [6.07, 6.45) is 6.73. The van der Waals surface area contributed by atoms with Gasteiger partial charge in [0.05, 0.1) is 19.1 Å². The van der Waals surface area contributed by atoms with Gasteiger partial charge < -0.3 is 10.6 Å². The number of hydrogen-bond donors (Lipinski definition) is 2. The van der Waals surface area contributed by atoms with E-state index in [-0.39, 0.29) is 37.9 Å². The molecule has 1 saturated carbocycles. The molecule has 0 amide bonds. The molecule has 1 unspecified atom stereocenters. The van der Waals surface area contributed by atoms with Crippen molar-refractivity contribution in [1.82, 2.24) is 4.67 Å². The van der Waals surface area contributed by atoms with Crippen LogP contribution in [0.2, 0.25) is 0 Å². The van der Waals surface area contributed by atoms with Crippen LogP contribution in [-0.4, -0.2) is 47.1 Å². The lowest BCUT2D eigenvalue weighted by molar-refractivity contribution is 0.211. The number of halogens is 2. The maximum absolute atomic E-state index is 11.6. The lowest BCUT2D eigenvalue weighted by Crippen LogP contribution is -2.26. The molecule has 0 aromatic rings. The summed E-state index contributed by atoms with van der Waals surface area (Å²) in [5.74, 6) is 0.423. The second kappa shape index (κ2) is 13.6. The Labute approximate surface area is 143 Å². The third kappa shape index (κ3) is 10.8. The average molecular weight is 374 g/mol. The van der Waals surface area contributed by atoms with Crippen molar-refractivity contribution in [3.05, 3.63) is 0 Å². The van der Waals surface area contributed by atoms with E-state index in [1.165, 1.54) is 36.8 Å². The molecular weight excluding hydrogens is 348 g/mol. The van der Waals surface area contributed by atoms with Crippen LogP contribution in [0.4, 0.5) is 0 Å². The highest BCUT2D eigenvalue weighted by Gasteiger charge is 2.28. The zero-order valence-corrected chi connectivity index (χ0v) is 15.2. The van der Waals surface area contributed by atoms with E-state index >= 15 is 0 Å². The predicted octanol–water partition coefficient (Wildman–Crippen LogP) is 3.07. The van der Waals surface area contributed by atoms with Crippen LogP contribution in [0, 0.1) is 11.3 Å². The summed E-state index contributed by atoms with van der Waals surface area (Å²) in [4.78, 5) is 9.50. The van der Waals surface area contributed by atoms with Crippen LogP contribution >= 0.6 is 30.9 Å². The molecule has 0 radical (unpaired) electrons. The van der Waals surface area contributed by atoms with E-state index in [2.05, 4.69) is 0 Å². The molecule has 0 bridgehead atoms. The van der Waals surface area contributed by atoms with Gasteiger partial charge in [-0.15, -0.1) is 23.2 Å². The third-order valence-corrected chi connectivity index (χ3v) is 5.14. The van der Waals surface area contributed by atoms with Crippen LogP contribution in [0.25, 0.3) is 0 Å². The molecule has 22 heavy (non-hydrogen) atoms. The summed E-state index contributed by atoms with van der Waals surface area (Å²) in [5.41, 5.74) is 5.63. The monoisotopic (exact) mass is 373 g/mol. The third-order valence-electron chi connectivity index (χ3n) is 3.17. The molecule has 0 saturated heterocycles. The van der Waals surface area contributed by atoms with Crippen LogP contribution in [-0.2, 0) is 9.09 Å². The lowest BCUT2D eigenvalue weighted by atomic mass is 9.97. The van der Waals surface area contributed by atoms with Gasteiger partial charge in [0.1, 0.15) is 0 Å². The molecular formula is C13H26Cl2N3O3P. The fourth-order valence-electron chi connectivity index (χ4n) is 1.99. The molecule has 3 N–H and O–H groups in total. The van der Waals surface area contributed by atoms with Crippen molar-refractivity contribution in [3.63, 3.8) is 0 Å². The van der Waals surface area contributed by atoms with Gasteiger partial charge in [-0.1, -0.05) is 19.3 Å². The number of nitriles is 1. The molecule has 0 heterocycles. The van der Waals surface area contributed by atoms with E-state index in [4.69, 9.17) is 38.7 Å². The largest absolute Gasteiger partial charge is 0.405 e. The molecule has 130 valence electrons. The van der Waals surface area contributed by atoms with Crippen LogP contribution in [0.1, 0.15) is 38.5 Å². The fraction of sp³-hybridized carbons (Fsp3) is 0.923. The van der Waals surface area contributed by atoms with Crippen molar-refractivity contribution in [2.24, 2.45) is 5.73 Å². The first kappa shape index (κ1) is 22.1. The van der Waals surface area contributed by atoms with Gasteiger partial charge in [0.15, 0.2) is 0 Å². The molecule has 1 fully saturated rings. The van der Waals surface area contributed by atoms with E-state index < -0.39 is 7.75 Å². The van der Waals surface area contributed by atoms with Gasteiger partial charge in [-0.2, -0.15) is 5.26 Å². The summed E-state index contributed by atoms with van der Waals surface area (Å²) in [6, 6.07) is 2.35. The van der Waals surface area contributed by atoms with Crippen molar-refractivity contribution in [1.29, 1.82) is 5.26 Å². The molecule has 1 aliphatic carbocycles. The van der Waals surface area contributed by atoms with Crippen molar-refractivity contribution >= 4 is 30.9 Å². The van der Waals surface area contributed by atoms with Crippen LogP contribution in [0.5, 0.6) is 0 Å². The second-order valence-electron chi connectivity index (χ2n) is 4.96. The van der Waals surface area contributed by atoms with Gasteiger partial charge in [-0.05, 0) is 12.8 Å². The van der Waals surface area contributed by atoms with Gasteiger partial charge in [-0.3, -0.25) is 4.52 Å². The number of hydrogen-bond acceptors (Lipinski definition) is 4. The number of nitrogens with two attached hydrogens (primary N) is 1. The first-order chi connectivity index (χ1) is 10.5. The molecule has 0 aromatic carbocycles. The van der Waals surface area contributed by atoms with E-state index in [1.807, 2.05) is 6.07 Å². The highest BCUT2D eigenvalue weighted by molar-refractivity contribution is 7.50. The summed E-state index contributed by atoms with van der Waals surface area (Å²) < 4.78 is 17.5. The molecule has 0 aliphatic heterocycles. The highest BCUT2D eigenvalue weighted by Crippen LogP contribution is 2.46. The van der Waals surface area contributed by atoms with Gasteiger partial charge >= 0.3 is 7.75 Å². The van der Waals surface area contributed by atoms with Gasteiger partial charge in [0, 0.05) is 30.9 Å². The Bertz CT molecular complexity index is 357. The maximum Gasteiger partial charge on any atom is 0.405 e. The van der Waals surface area contributed by atoms with Crippen LogP contribution in [0.15, 0.2) is 0 Å². The molecule has 9 heteroatoms. The lowest BCUT2D eigenvalue weighted by Gasteiger charge is -2.24. The second-order valence-corrected chi connectivity index (χ2v) is 7.52. The molecule has 1 atom stereocenters. The highest BCUT2D eigenvalue weighted by atomic mass is 35.5. The summed E-state index contributed by atoms with van der Waals surface area (Å²) in [5, 5.41) is 8.25. The first-order valence-electron chi connectivity index (χ1n) is 7.45. The smallest absolute Gasteiger partial charge is 0.328 e. The standard InChI is InChI=1S/C7H13Cl2N2O3P.C6H13N/c8-2-5-11(6-3-9)15(12,13)14-7-1-4-10;7-6-4-2-1-3-5-6/h1-3,5-7H2,(H,12,13);6H,1-5,7H2. The number of rotatable bonds is 8. The fourth-order valence-corrected chi connectivity index (χ4v) is 3.83.